The number of nitrogens with two attached hydrogens (primary N) is 1. The van der Waals surface area contributed by atoms with Gasteiger partial charge in [-0.1, -0.05) is 23.9 Å². The van der Waals surface area contributed by atoms with Crippen LogP contribution in [0.4, 0.5) is 4.39 Å². The van der Waals surface area contributed by atoms with Gasteiger partial charge in [0.05, 0.1) is 0 Å². The number of amides is 1. The molecule has 31 heavy (non-hydrogen) atoms. The molecule has 0 radical (unpaired) electrons. The summed E-state index contributed by atoms with van der Waals surface area (Å²) in [5.74, 6) is -1.04. The molecule has 1 fully saturated rings. The largest absolute Gasteiger partial charge is 0.481 e. The lowest BCUT2D eigenvalue weighted by Crippen LogP contribution is -2.48. The van der Waals surface area contributed by atoms with Crippen LogP contribution in [0, 0.1) is 12.3 Å². The Morgan fingerprint density at radius 3 is 2.42 bits per heavy atom. The fourth-order valence-corrected chi connectivity index (χ4v) is 3.48. The predicted octanol–water partition coefficient (Wildman–Crippen LogP) is 3.23. The number of likely N-dealkylation sites (tertiary alicyclic amines) is 1. The first kappa shape index (κ1) is 21.9. The molecule has 0 unspecified atom stereocenters. The van der Waals surface area contributed by atoms with Gasteiger partial charge in [-0.05, 0) is 43.2 Å². The predicted molar refractivity (Wildman–Crippen MR) is 111 cm³/mol. The van der Waals surface area contributed by atoms with Gasteiger partial charge in [0.25, 0.3) is 5.91 Å². The number of nitrogens with zero attached hydrogens (tertiary/aromatic N) is 3. The van der Waals surface area contributed by atoms with Crippen molar-refractivity contribution < 1.29 is 23.6 Å². The number of rotatable bonds is 6. The van der Waals surface area contributed by atoms with Crippen molar-refractivity contribution in [3.63, 3.8) is 0 Å². The Kier molecular flexibility index (Phi) is 6.33. The topological polar surface area (TPSA) is 123 Å². The van der Waals surface area contributed by atoms with E-state index in [0.29, 0.717) is 17.3 Å². The third-order valence-electron chi connectivity index (χ3n) is 5.40. The second kappa shape index (κ2) is 8.95. The molecule has 0 atom stereocenters. The summed E-state index contributed by atoms with van der Waals surface area (Å²) in [5.41, 5.74) is 5.88. The van der Waals surface area contributed by atoms with Crippen LogP contribution in [-0.4, -0.2) is 45.1 Å². The van der Waals surface area contributed by atoms with Gasteiger partial charge in [0.1, 0.15) is 11.2 Å². The maximum atomic E-state index is 13.3. The van der Waals surface area contributed by atoms with Crippen molar-refractivity contribution in [3.8, 4) is 11.4 Å². The smallest absolute Gasteiger partial charge is 0.315 e. The Morgan fingerprint density at radius 1 is 1.26 bits per heavy atom. The third-order valence-corrected chi connectivity index (χ3v) is 5.40. The number of aryl methyl sites for hydroxylation is 1. The highest BCUT2D eigenvalue weighted by molar-refractivity contribution is 5.95. The molecule has 1 saturated heterocycles. The highest BCUT2D eigenvalue weighted by Crippen LogP contribution is 2.37. The van der Waals surface area contributed by atoms with E-state index < -0.39 is 17.2 Å². The molecule has 1 aliphatic rings. The van der Waals surface area contributed by atoms with Crippen LogP contribution in [0.5, 0.6) is 0 Å². The Bertz CT molecular complexity index is 1050. The average molecular weight is 426 g/mol. The third kappa shape index (κ3) is 4.55. The van der Waals surface area contributed by atoms with E-state index in [1.165, 1.54) is 6.08 Å². The van der Waals surface area contributed by atoms with Crippen molar-refractivity contribution in [1.29, 1.82) is 0 Å². The maximum absolute atomic E-state index is 13.3. The summed E-state index contributed by atoms with van der Waals surface area (Å²) in [6.07, 6.45) is 3.59. The highest BCUT2D eigenvalue weighted by atomic mass is 19.1. The van der Waals surface area contributed by atoms with Crippen molar-refractivity contribution in [2.75, 3.05) is 13.1 Å². The van der Waals surface area contributed by atoms with E-state index in [9.17, 15) is 19.1 Å². The Morgan fingerprint density at radius 2 is 1.90 bits per heavy atom. The summed E-state index contributed by atoms with van der Waals surface area (Å²) < 4.78 is 18.3. The molecule has 1 amide bonds. The fraction of sp³-hybridized carbons (Fsp3) is 0.273. The van der Waals surface area contributed by atoms with Crippen LogP contribution in [-0.2, 0) is 4.79 Å². The van der Waals surface area contributed by atoms with Crippen LogP contribution in [0.1, 0.15) is 29.1 Å². The van der Waals surface area contributed by atoms with Gasteiger partial charge in [0.15, 0.2) is 0 Å². The van der Waals surface area contributed by atoms with Gasteiger partial charge in [0.2, 0.25) is 11.7 Å². The summed E-state index contributed by atoms with van der Waals surface area (Å²) in [4.78, 5) is 30.6. The number of aromatic nitrogens is 2. The highest BCUT2D eigenvalue weighted by Gasteiger charge is 2.44. The van der Waals surface area contributed by atoms with Gasteiger partial charge in [-0.25, -0.2) is 4.39 Å². The normalized spacial score (nSPS) is 16.8. The van der Waals surface area contributed by atoms with E-state index in [0.717, 1.165) is 17.7 Å². The molecule has 0 bridgehead atoms. The van der Waals surface area contributed by atoms with Crippen molar-refractivity contribution in [1.82, 2.24) is 15.0 Å². The van der Waals surface area contributed by atoms with E-state index in [2.05, 4.69) is 16.7 Å². The molecule has 0 saturated carbocycles. The quantitative estimate of drug-likeness (QED) is 0.680. The monoisotopic (exact) mass is 426 g/mol. The first-order chi connectivity index (χ1) is 14.8. The number of carboxylic acid groups (broad SMARTS) is 1. The molecule has 1 aromatic carbocycles. The van der Waals surface area contributed by atoms with Gasteiger partial charge >= 0.3 is 5.97 Å². The van der Waals surface area contributed by atoms with Gasteiger partial charge in [-0.2, -0.15) is 4.98 Å². The van der Waals surface area contributed by atoms with Crippen LogP contribution in [0.2, 0.25) is 0 Å². The minimum absolute atomic E-state index is 0.0452. The summed E-state index contributed by atoms with van der Waals surface area (Å²) >= 11 is 0. The Balaban J connectivity index is 1.72. The van der Waals surface area contributed by atoms with E-state index in [4.69, 9.17) is 10.3 Å². The molecule has 0 aliphatic carbocycles. The van der Waals surface area contributed by atoms with E-state index in [1.807, 2.05) is 0 Å². The number of benzene rings is 1. The molecule has 2 aromatic rings. The molecule has 3 N–H and O–H groups in total. The minimum Gasteiger partial charge on any atom is -0.481 e. The number of carboxylic acids is 1. The first-order valence-electron chi connectivity index (χ1n) is 9.66. The van der Waals surface area contributed by atoms with Crippen LogP contribution in [0.3, 0.4) is 0 Å². The van der Waals surface area contributed by atoms with Gasteiger partial charge in [-0.3, -0.25) is 9.59 Å². The molecule has 1 aromatic heterocycles. The van der Waals surface area contributed by atoms with Gasteiger partial charge in [0, 0.05) is 36.8 Å². The van der Waals surface area contributed by atoms with Crippen molar-refractivity contribution in [2.24, 2.45) is 11.1 Å². The molecular formula is C22H23FN4O4. The Hall–Kier alpha value is -3.75. The van der Waals surface area contributed by atoms with Crippen molar-refractivity contribution in [3.05, 3.63) is 72.1 Å². The molecule has 2 heterocycles. The van der Waals surface area contributed by atoms with E-state index in [1.54, 1.807) is 36.1 Å². The average Bonchev–Trinajstić information content (AvgIpc) is 3.22. The number of carbonyl (C=O) groups is 2. The molecule has 8 nitrogen and oxygen atoms in total. The molecular weight excluding hydrogens is 403 g/mol. The van der Waals surface area contributed by atoms with Crippen LogP contribution in [0.25, 0.3) is 11.4 Å². The van der Waals surface area contributed by atoms with Crippen molar-refractivity contribution >= 4 is 11.9 Å². The zero-order chi connectivity index (χ0) is 22.6. The maximum Gasteiger partial charge on any atom is 0.315 e. The van der Waals surface area contributed by atoms with Crippen LogP contribution in [0.15, 0.2) is 65.1 Å². The first-order valence-corrected chi connectivity index (χ1v) is 9.66. The zero-order valence-corrected chi connectivity index (χ0v) is 17.0. The molecule has 9 heteroatoms. The van der Waals surface area contributed by atoms with E-state index in [-0.39, 0.29) is 37.5 Å². The molecule has 1 aliphatic heterocycles. The summed E-state index contributed by atoms with van der Waals surface area (Å²) in [6, 6.07) is 6.79. The lowest BCUT2D eigenvalue weighted by molar-refractivity contribution is -0.149. The number of carbonyl (C=O) groups excluding carboxylic acids is 1. The van der Waals surface area contributed by atoms with Crippen LogP contribution >= 0.6 is 0 Å². The van der Waals surface area contributed by atoms with Crippen LogP contribution < -0.4 is 5.73 Å². The fourth-order valence-electron chi connectivity index (χ4n) is 3.48. The lowest BCUT2D eigenvalue weighted by Gasteiger charge is -2.39. The molecule has 162 valence electrons. The zero-order valence-electron chi connectivity index (χ0n) is 17.0. The summed E-state index contributed by atoms with van der Waals surface area (Å²) in [5, 5.41) is 13.6. The van der Waals surface area contributed by atoms with Gasteiger partial charge < -0.3 is 20.3 Å². The minimum atomic E-state index is -1.35. The number of halogens is 1. The molecule has 3 rings (SSSR count). The number of hydrogen-bond acceptors (Lipinski definition) is 6. The second-order valence-corrected chi connectivity index (χ2v) is 7.27. The number of allylic oxidation sites excluding steroid dienone is 4. The summed E-state index contributed by atoms with van der Waals surface area (Å²) in [6.45, 7) is 5.41. The SMILES string of the molecule is C=C/C(F)=C\C=C(/N)C1(C(=O)O)CCN(C(=O)c2ccc(-c3noc(C)n3)cc2)CC1. The number of hydrogen-bond donors (Lipinski definition) is 2. The Labute approximate surface area is 178 Å². The number of aliphatic carboxylic acids is 1. The second-order valence-electron chi connectivity index (χ2n) is 7.27. The molecule has 0 spiro atoms. The summed E-state index contributed by atoms with van der Waals surface area (Å²) in [7, 11) is 0. The number of piperidine rings is 1. The van der Waals surface area contributed by atoms with Crippen molar-refractivity contribution in [2.45, 2.75) is 19.8 Å². The standard InChI is InChI=1S/C22H23FN4O4/c1-3-17(23)8-9-18(24)22(21(29)30)10-12-27(13-11-22)20(28)16-6-4-15(5-7-16)19-25-14(2)31-26-19/h3-9H,1,10-13,24H2,2H3,(H,29,30)/b17-8+,18-9-. The van der Waals surface area contributed by atoms with Gasteiger partial charge in [-0.15, -0.1) is 0 Å². The lowest BCUT2D eigenvalue weighted by atomic mass is 9.75. The van der Waals surface area contributed by atoms with E-state index >= 15 is 0 Å².